The molecule has 0 saturated carbocycles. The Labute approximate surface area is 127 Å². The van der Waals surface area contributed by atoms with Gasteiger partial charge < -0.3 is 10.6 Å². The summed E-state index contributed by atoms with van der Waals surface area (Å²) in [6.45, 7) is 6.61. The van der Waals surface area contributed by atoms with Gasteiger partial charge in [0.1, 0.15) is 5.82 Å². The number of nitrogens with one attached hydrogen (secondary N) is 2. The van der Waals surface area contributed by atoms with E-state index in [0.29, 0.717) is 12.1 Å². The van der Waals surface area contributed by atoms with Crippen molar-refractivity contribution in [1.29, 1.82) is 0 Å². The van der Waals surface area contributed by atoms with E-state index < -0.39 is 0 Å². The minimum absolute atomic E-state index is 0.409. The van der Waals surface area contributed by atoms with Crippen LogP contribution in [0.3, 0.4) is 0 Å². The van der Waals surface area contributed by atoms with E-state index in [9.17, 15) is 0 Å². The van der Waals surface area contributed by atoms with Gasteiger partial charge in [0.05, 0.1) is 11.7 Å². The van der Waals surface area contributed by atoms with Crippen molar-refractivity contribution in [1.82, 2.24) is 15.1 Å². The molecule has 114 valence electrons. The van der Waals surface area contributed by atoms with Crippen LogP contribution in [0.2, 0.25) is 0 Å². The second kappa shape index (κ2) is 5.16. The van der Waals surface area contributed by atoms with E-state index in [2.05, 4.69) is 29.2 Å². The van der Waals surface area contributed by atoms with Crippen LogP contribution in [0.5, 0.6) is 0 Å². The molecule has 0 bridgehead atoms. The average molecular weight is 286 g/mol. The molecule has 2 aliphatic heterocycles. The zero-order valence-electron chi connectivity index (χ0n) is 13.2. The Morgan fingerprint density at radius 1 is 1.19 bits per heavy atom. The predicted octanol–water partition coefficient (Wildman–Crippen LogP) is 3.64. The van der Waals surface area contributed by atoms with Crippen LogP contribution in [0.1, 0.15) is 75.7 Å². The molecular weight excluding hydrogens is 260 g/mol. The van der Waals surface area contributed by atoms with E-state index in [1.54, 1.807) is 11.1 Å². The maximum absolute atomic E-state index is 5.02. The molecule has 1 atom stereocenters. The molecule has 1 unspecified atom stereocenters. The summed E-state index contributed by atoms with van der Waals surface area (Å²) in [4.78, 5) is 0. The van der Waals surface area contributed by atoms with Crippen molar-refractivity contribution < 1.29 is 0 Å². The molecule has 1 aliphatic carbocycles. The van der Waals surface area contributed by atoms with Crippen molar-refractivity contribution in [3.8, 4) is 0 Å². The molecule has 3 aliphatic rings. The maximum atomic E-state index is 5.02. The van der Waals surface area contributed by atoms with Gasteiger partial charge in [0.15, 0.2) is 0 Å². The van der Waals surface area contributed by atoms with Gasteiger partial charge in [0.25, 0.3) is 0 Å². The molecule has 2 N–H and O–H groups in total. The number of allylic oxidation sites excluding steroid dienone is 1. The molecule has 4 nitrogen and oxygen atoms in total. The second-order valence-electron chi connectivity index (χ2n) is 6.94. The van der Waals surface area contributed by atoms with Crippen LogP contribution >= 0.6 is 0 Å². The number of rotatable bonds is 2. The minimum atomic E-state index is 0.409. The summed E-state index contributed by atoms with van der Waals surface area (Å²) in [5, 5.41) is 12.3. The number of hydrogen-bond acceptors (Lipinski definition) is 3. The molecule has 0 spiro atoms. The Morgan fingerprint density at radius 3 is 2.81 bits per heavy atom. The molecule has 1 saturated heterocycles. The Kier molecular flexibility index (Phi) is 3.29. The molecule has 4 heteroatoms. The summed E-state index contributed by atoms with van der Waals surface area (Å²) in [5.74, 6) is 1.27. The van der Waals surface area contributed by atoms with E-state index in [-0.39, 0.29) is 0 Å². The van der Waals surface area contributed by atoms with Gasteiger partial charge in [0.2, 0.25) is 0 Å². The number of nitrogens with zero attached hydrogens (tertiary/aromatic N) is 2. The van der Waals surface area contributed by atoms with Gasteiger partial charge >= 0.3 is 0 Å². The molecule has 1 aromatic rings. The van der Waals surface area contributed by atoms with Crippen LogP contribution in [0.4, 0.5) is 5.82 Å². The first-order chi connectivity index (χ1) is 10.3. The lowest BCUT2D eigenvalue weighted by atomic mass is 9.84. The summed E-state index contributed by atoms with van der Waals surface area (Å²) < 4.78 is 2.21. The third-order valence-electron chi connectivity index (χ3n) is 5.17. The molecule has 0 aromatic carbocycles. The van der Waals surface area contributed by atoms with E-state index >= 15 is 0 Å². The van der Waals surface area contributed by atoms with Gasteiger partial charge in [0, 0.05) is 18.2 Å². The lowest BCUT2D eigenvalue weighted by Crippen LogP contribution is -2.20. The average Bonchev–Trinajstić information content (AvgIpc) is 3.14. The van der Waals surface area contributed by atoms with Crippen molar-refractivity contribution >= 4 is 11.4 Å². The summed E-state index contributed by atoms with van der Waals surface area (Å²) in [7, 11) is 0. The largest absolute Gasteiger partial charge is 0.366 e. The first-order valence-corrected chi connectivity index (χ1v) is 8.56. The number of hydrogen-bond donors (Lipinski definition) is 2. The van der Waals surface area contributed by atoms with E-state index in [1.165, 1.54) is 55.6 Å². The standard InChI is InChI=1S/C17H26N4/c1-11(2)21-17-15(16(20-21)14-8-5-9-18-14)13-7-4-3-6-12(13)10-19-17/h11,14,18-19H,3-10H2,1-2H3. The third kappa shape index (κ3) is 2.11. The zero-order valence-corrected chi connectivity index (χ0v) is 13.2. The highest BCUT2D eigenvalue weighted by atomic mass is 15.4. The van der Waals surface area contributed by atoms with Crippen LogP contribution in [-0.2, 0) is 0 Å². The van der Waals surface area contributed by atoms with Gasteiger partial charge in [-0.3, -0.25) is 0 Å². The molecule has 3 heterocycles. The van der Waals surface area contributed by atoms with Crippen molar-refractivity contribution in [2.24, 2.45) is 0 Å². The molecule has 1 aromatic heterocycles. The number of aromatic nitrogens is 2. The molecular formula is C17H26N4. The first kappa shape index (κ1) is 13.4. The third-order valence-corrected chi connectivity index (χ3v) is 5.17. The highest BCUT2D eigenvalue weighted by molar-refractivity contribution is 5.82. The van der Waals surface area contributed by atoms with E-state index in [1.807, 2.05) is 0 Å². The molecule has 0 amide bonds. The quantitative estimate of drug-likeness (QED) is 0.872. The van der Waals surface area contributed by atoms with Crippen LogP contribution in [0.15, 0.2) is 5.57 Å². The van der Waals surface area contributed by atoms with Gasteiger partial charge in [-0.15, -0.1) is 0 Å². The Morgan fingerprint density at radius 2 is 2.05 bits per heavy atom. The van der Waals surface area contributed by atoms with Crippen molar-refractivity contribution in [2.75, 3.05) is 18.4 Å². The van der Waals surface area contributed by atoms with E-state index in [4.69, 9.17) is 5.10 Å². The SMILES string of the molecule is CC(C)n1nc(C2CCCN2)c2c1NCC1=C2CCCC1. The topological polar surface area (TPSA) is 41.9 Å². The molecule has 21 heavy (non-hydrogen) atoms. The fraction of sp³-hybridized carbons (Fsp3) is 0.706. The zero-order chi connectivity index (χ0) is 14.4. The summed E-state index contributed by atoms with van der Waals surface area (Å²) in [6, 6.07) is 0.862. The first-order valence-electron chi connectivity index (χ1n) is 8.56. The lowest BCUT2D eigenvalue weighted by molar-refractivity contribution is 0.516. The number of fused-ring (bicyclic) bond motifs is 2. The van der Waals surface area contributed by atoms with Crippen molar-refractivity contribution in [2.45, 2.75) is 64.5 Å². The van der Waals surface area contributed by atoms with Gasteiger partial charge in [-0.1, -0.05) is 0 Å². The summed E-state index contributed by atoms with van der Waals surface area (Å²) in [5.41, 5.74) is 6.00. The highest BCUT2D eigenvalue weighted by Gasteiger charge is 2.32. The van der Waals surface area contributed by atoms with Crippen molar-refractivity contribution in [3.05, 3.63) is 16.8 Å². The Balaban J connectivity index is 1.87. The van der Waals surface area contributed by atoms with Crippen molar-refractivity contribution in [3.63, 3.8) is 0 Å². The van der Waals surface area contributed by atoms with Gasteiger partial charge in [-0.05, 0) is 70.1 Å². The maximum Gasteiger partial charge on any atom is 0.132 e. The van der Waals surface area contributed by atoms with Gasteiger partial charge in [-0.2, -0.15) is 5.10 Å². The van der Waals surface area contributed by atoms with Crippen LogP contribution in [0, 0.1) is 0 Å². The molecule has 1 fully saturated rings. The predicted molar refractivity (Wildman–Crippen MR) is 86.5 cm³/mol. The summed E-state index contributed by atoms with van der Waals surface area (Å²) in [6.07, 6.45) is 7.70. The smallest absolute Gasteiger partial charge is 0.132 e. The molecule has 4 rings (SSSR count). The fourth-order valence-corrected chi connectivity index (χ4v) is 4.11. The minimum Gasteiger partial charge on any atom is -0.366 e. The highest BCUT2D eigenvalue weighted by Crippen LogP contribution is 2.44. The summed E-state index contributed by atoms with van der Waals surface area (Å²) >= 11 is 0. The normalized spacial score (nSPS) is 25.0. The van der Waals surface area contributed by atoms with Gasteiger partial charge in [-0.25, -0.2) is 4.68 Å². The monoisotopic (exact) mass is 286 g/mol. The van der Waals surface area contributed by atoms with Crippen LogP contribution < -0.4 is 10.6 Å². The van der Waals surface area contributed by atoms with Crippen LogP contribution in [-0.4, -0.2) is 22.9 Å². The fourth-order valence-electron chi connectivity index (χ4n) is 4.11. The second-order valence-corrected chi connectivity index (χ2v) is 6.94. The number of anilines is 1. The lowest BCUT2D eigenvalue weighted by Gasteiger charge is -2.28. The Hall–Kier alpha value is -1.29. The van der Waals surface area contributed by atoms with Crippen LogP contribution in [0.25, 0.3) is 5.57 Å². The molecule has 0 radical (unpaired) electrons. The van der Waals surface area contributed by atoms with E-state index in [0.717, 1.165) is 13.1 Å². The Bertz CT molecular complexity index is 576.